The highest BCUT2D eigenvalue weighted by Gasteiger charge is 2.34. The Morgan fingerprint density at radius 2 is 1.97 bits per heavy atom. The molecule has 0 saturated carbocycles. The molecule has 156 valence electrons. The molecular formula is C21H24F3N3O2. The van der Waals surface area contributed by atoms with Gasteiger partial charge in [-0.1, -0.05) is 0 Å². The molecule has 2 aromatic heterocycles. The summed E-state index contributed by atoms with van der Waals surface area (Å²) < 4.78 is 50.2. The highest BCUT2D eigenvalue weighted by molar-refractivity contribution is 5.36. The molecule has 2 aromatic rings. The summed E-state index contributed by atoms with van der Waals surface area (Å²) in [6.45, 7) is 6.43. The number of hydrogen-bond acceptors (Lipinski definition) is 5. The highest BCUT2D eigenvalue weighted by Crippen LogP contribution is 2.34. The molecule has 2 aliphatic rings. The second-order valence-electron chi connectivity index (χ2n) is 7.77. The van der Waals surface area contributed by atoms with E-state index >= 15 is 0 Å². The maximum atomic E-state index is 13.0. The predicted octanol–water partition coefficient (Wildman–Crippen LogP) is 4.20. The third kappa shape index (κ3) is 4.47. The molecule has 1 fully saturated rings. The van der Waals surface area contributed by atoms with E-state index in [4.69, 9.17) is 9.47 Å². The molecule has 2 atom stereocenters. The van der Waals surface area contributed by atoms with E-state index in [0.717, 1.165) is 25.2 Å². The highest BCUT2D eigenvalue weighted by atomic mass is 19.4. The Kier molecular flexibility index (Phi) is 5.38. The molecule has 1 unspecified atom stereocenters. The molecule has 0 N–H and O–H groups in total. The van der Waals surface area contributed by atoms with Crippen LogP contribution in [0.1, 0.15) is 42.0 Å². The number of hydrogen-bond donors (Lipinski definition) is 0. The van der Waals surface area contributed by atoms with E-state index in [1.165, 1.54) is 6.07 Å². The smallest absolute Gasteiger partial charge is 0.433 e. The van der Waals surface area contributed by atoms with Crippen LogP contribution >= 0.6 is 0 Å². The Hall–Kier alpha value is -2.35. The maximum Gasteiger partial charge on any atom is 0.433 e. The van der Waals surface area contributed by atoms with Gasteiger partial charge in [-0.15, -0.1) is 0 Å². The number of fused-ring (bicyclic) bond motifs is 1. The van der Waals surface area contributed by atoms with Gasteiger partial charge in [0.15, 0.2) is 5.75 Å². The van der Waals surface area contributed by atoms with Crippen molar-refractivity contribution in [2.24, 2.45) is 5.92 Å². The number of pyridine rings is 2. The zero-order valence-electron chi connectivity index (χ0n) is 16.5. The number of alkyl halides is 3. The molecule has 8 heteroatoms. The SMILES string of the molecule is Cc1cc(C[C@H]2CCN(C(C)c3ccc4c(n3)OCCO4)C2)cc(C(F)(F)F)n1. The van der Waals surface area contributed by atoms with Crippen LogP contribution in [0.15, 0.2) is 24.3 Å². The molecule has 0 bridgehead atoms. The van der Waals surface area contributed by atoms with Gasteiger partial charge in [0, 0.05) is 18.3 Å². The first kappa shape index (κ1) is 19.9. The van der Waals surface area contributed by atoms with Gasteiger partial charge < -0.3 is 9.47 Å². The van der Waals surface area contributed by atoms with Crippen LogP contribution in [0, 0.1) is 12.8 Å². The standard InChI is InChI=1S/C21H24F3N3O2/c1-13-9-16(11-19(25-13)21(22,23)24)10-15-5-6-27(12-15)14(2)17-3-4-18-20(26-17)29-8-7-28-18/h3-4,9,11,14-15H,5-8,10,12H2,1-2H3/t14?,15-/m1/s1. The van der Waals surface area contributed by atoms with Crippen LogP contribution in [0.2, 0.25) is 0 Å². The average Bonchev–Trinajstić information content (AvgIpc) is 3.14. The Labute approximate surface area is 167 Å². The second kappa shape index (κ2) is 7.82. The van der Waals surface area contributed by atoms with Crippen LogP contribution in [0.5, 0.6) is 11.6 Å². The van der Waals surface area contributed by atoms with Crippen molar-refractivity contribution in [3.8, 4) is 11.6 Å². The van der Waals surface area contributed by atoms with Crippen LogP contribution in [0.3, 0.4) is 0 Å². The molecule has 4 rings (SSSR count). The fraction of sp³-hybridized carbons (Fsp3) is 0.524. The van der Waals surface area contributed by atoms with Gasteiger partial charge in [-0.3, -0.25) is 4.90 Å². The van der Waals surface area contributed by atoms with Crippen molar-refractivity contribution < 1.29 is 22.6 Å². The summed E-state index contributed by atoms with van der Waals surface area (Å²) >= 11 is 0. The van der Waals surface area contributed by atoms with Crippen molar-refractivity contribution in [1.82, 2.24) is 14.9 Å². The van der Waals surface area contributed by atoms with Gasteiger partial charge in [0.1, 0.15) is 18.9 Å². The third-order valence-electron chi connectivity index (χ3n) is 5.55. The van der Waals surface area contributed by atoms with Crippen molar-refractivity contribution in [3.05, 3.63) is 46.9 Å². The Balaban J connectivity index is 1.42. The lowest BCUT2D eigenvalue weighted by Crippen LogP contribution is -2.26. The van der Waals surface area contributed by atoms with Gasteiger partial charge in [-0.25, -0.2) is 9.97 Å². The first-order chi connectivity index (χ1) is 13.8. The van der Waals surface area contributed by atoms with E-state index < -0.39 is 11.9 Å². The minimum absolute atomic E-state index is 0.0979. The van der Waals surface area contributed by atoms with Gasteiger partial charge in [0.2, 0.25) is 0 Å². The molecule has 0 aliphatic carbocycles. The quantitative estimate of drug-likeness (QED) is 0.760. The molecule has 2 aliphatic heterocycles. The molecule has 29 heavy (non-hydrogen) atoms. The predicted molar refractivity (Wildman–Crippen MR) is 101 cm³/mol. The van der Waals surface area contributed by atoms with Gasteiger partial charge in [0.25, 0.3) is 5.88 Å². The summed E-state index contributed by atoms with van der Waals surface area (Å²) in [6.07, 6.45) is -2.86. The van der Waals surface area contributed by atoms with E-state index in [1.54, 1.807) is 13.0 Å². The molecule has 4 heterocycles. The van der Waals surface area contributed by atoms with Crippen LogP contribution < -0.4 is 9.47 Å². The Bertz CT molecular complexity index is 888. The normalized spacial score (nSPS) is 20.7. The van der Waals surface area contributed by atoms with Crippen molar-refractivity contribution in [1.29, 1.82) is 0 Å². The average molecular weight is 407 g/mol. The zero-order valence-corrected chi connectivity index (χ0v) is 16.5. The van der Waals surface area contributed by atoms with Crippen LogP contribution in [0.25, 0.3) is 0 Å². The van der Waals surface area contributed by atoms with Gasteiger partial charge in [0.05, 0.1) is 5.69 Å². The summed E-state index contributed by atoms with van der Waals surface area (Å²) in [5, 5.41) is 0. The van der Waals surface area contributed by atoms with Crippen LogP contribution in [-0.4, -0.2) is 41.2 Å². The van der Waals surface area contributed by atoms with Crippen molar-refractivity contribution in [2.75, 3.05) is 26.3 Å². The number of nitrogens with zero attached hydrogens (tertiary/aromatic N) is 3. The summed E-state index contributed by atoms with van der Waals surface area (Å²) in [6, 6.07) is 6.87. The molecule has 0 radical (unpaired) electrons. The van der Waals surface area contributed by atoms with E-state index in [2.05, 4.69) is 21.8 Å². The molecule has 1 saturated heterocycles. The third-order valence-corrected chi connectivity index (χ3v) is 5.55. The van der Waals surface area contributed by atoms with Crippen LogP contribution in [0.4, 0.5) is 13.2 Å². The minimum Gasteiger partial charge on any atom is -0.484 e. The molecule has 0 amide bonds. The summed E-state index contributed by atoms with van der Waals surface area (Å²) in [4.78, 5) is 10.5. The van der Waals surface area contributed by atoms with Crippen molar-refractivity contribution in [2.45, 2.75) is 38.9 Å². The van der Waals surface area contributed by atoms with E-state index in [1.807, 2.05) is 12.1 Å². The molecule has 0 aromatic carbocycles. The van der Waals surface area contributed by atoms with Crippen LogP contribution in [-0.2, 0) is 12.6 Å². The summed E-state index contributed by atoms with van der Waals surface area (Å²) in [5.74, 6) is 1.50. The number of ether oxygens (including phenoxy) is 2. The van der Waals surface area contributed by atoms with Crippen molar-refractivity contribution >= 4 is 0 Å². The van der Waals surface area contributed by atoms with E-state index in [0.29, 0.717) is 48.4 Å². The monoisotopic (exact) mass is 407 g/mol. The van der Waals surface area contributed by atoms with E-state index in [9.17, 15) is 13.2 Å². The van der Waals surface area contributed by atoms with Crippen molar-refractivity contribution in [3.63, 3.8) is 0 Å². The first-order valence-corrected chi connectivity index (χ1v) is 9.85. The fourth-order valence-corrected chi connectivity index (χ4v) is 4.08. The van der Waals surface area contributed by atoms with Gasteiger partial charge in [-0.05, 0) is 69.0 Å². The summed E-state index contributed by atoms with van der Waals surface area (Å²) in [7, 11) is 0. The Morgan fingerprint density at radius 3 is 2.76 bits per heavy atom. The number of likely N-dealkylation sites (tertiary alicyclic amines) is 1. The lowest BCUT2D eigenvalue weighted by Gasteiger charge is -2.25. The zero-order chi connectivity index (χ0) is 20.6. The number of halogens is 3. The first-order valence-electron chi connectivity index (χ1n) is 9.85. The van der Waals surface area contributed by atoms with Gasteiger partial charge >= 0.3 is 6.18 Å². The molecule has 0 spiro atoms. The molecule has 5 nitrogen and oxygen atoms in total. The second-order valence-corrected chi connectivity index (χ2v) is 7.77. The molecular weight excluding hydrogens is 383 g/mol. The van der Waals surface area contributed by atoms with Gasteiger partial charge in [-0.2, -0.15) is 13.2 Å². The number of aryl methyl sites for hydroxylation is 1. The topological polar surface area (TPSA) is 47.5 Å². The fourth-order valence-electron chi connectivity index (χ4n) is 4.08. The minimum atomic E-state index is -4.42. The lowest BCUT2D eigenvalue weighted by atomic mass is 9.98. The number of aromatic nitrogens is 2. The summed E-state index contributed by atoms with van der Waals surface area (Å²) in [5.41, 5.74) is 1.20. The lowest BCUT2D eigenvalue weighted by molar-refractivity contribution is -0.141. The Morgan fingerprint density at radius 1 is 1.17 bits per heavy atom. The number of rotatable bonds is 4. The maximum absolute atomic E-state index is 13.0. The largest absolute Gasteiger partial charge is 0.484 e. The van der Waals surface area contributed by atoms with E-state index in [-0.39, 0.29) is 6.04 Å².